The zero-order valence-electron chi connectivity index (χ0n) is 14.7. The van der Waals surface area contributed by atoms with Gasteiger partial charge in [0.05, 0.1) is 24.0 Å². The number of rotatable bonds is 4. The van der Waals surface area contributed by atoms with E-state index in [-0.39, 0.29) is 18.0 Å². The minimum absolute atomic E-state index is 0.0847. The minimum atomic E-state index is -0.311. The molecular formula is C19H21N5O2. The van der Waals surface area contributed by atoms with E-state index < -0.39 is 0 Å². The van der Waals surface area contributed by atoms with Crippen LogP contribution in [-0.4, -0.2) is 28.5 Å². The summed E-state index contributed by atoms with van der Waals surface area (Å²) in [7, 11) is 0. The summed E-state index contributed by atoms with van der Waals surface area (Å²) in [6, 6.07) is 8.60. The largest absolute Gasteiger partial charge is 0.355 e. The number of aromatic nitrogens is 2. The summed E-state index contributed by atoms with van der Waals surface area (Å²) in [5.41, 5.74) is 0.796. The van der Waals surface area contributed by atoms with E-state index in [9.17, 15) is 9.59 Å². The standard InChI is InChI=1S/C19H21N5O2/c1-14-6-8-23(9-7-14)17-12-24(19(26)11-21-17)13-18(25)22-16-4-2-15(10-20)3-5-16/h2-5,11-12,14H,6-9,13H2,1H3,(H,22,25). The molecule has 1 N–H and O–H groups in total. The Morgan fingerprint density at radius 3 is 2.65 bits per heavy atom. The monoisotopic (exact) mass is 351 g/mol. The van der Waals surface area contributed by atoms with Crippen LogP contribution >= 0.6 is 0 Å². The van der Waals surface area contributed by atoms with E-state index in [1.807, 2.05) is 6.07 Å². The minimum Gasteiger partial charge on any atom is -0.355 e. The first-order chi connectivity index (χ1) is 12.5. The van der Waals surface area contributed by atoms with Crippen LogP contribution in [-0.2, 0) is 11.3 Å². The second-order valence-corrected chi connectivity index (χ2v) is 6.62. The number of hydrogen-bond acceptors (Lipinski definition) is 5. The van der Waals surface area contributed by atoms with E-state index in [0.717, 1.165) is 31.7 Å². The molecule has 0 bridgehead atoms. The molecule has 0 unspecified atom stereocenters. The van der Waals surface area contributed by atoms with Crippen LogP contribution in [0.1, 0.15) is 25.3 Å². The van der Waals surface area contributed by atoms with Gasteiger partial charge in [0.2, 0.25) is 5.91 Å². The van der Waals surface area contributed by atoms with Crippen LogP contribution in [0.25, 0.3) is 0 Å². The zero-order valence-corrected chi connectivity index (χ0v) is 14.7. The summed E-state index contributed by atoms with van der Waals surface area (Å²) in [6.07, 6.45) is 5.11. The molecule has 1 saturated heterocycles. The first-order valence-electron chi connectivity index (χ1n) is 8.66. The lowest BCUT2D eigenvalue weighted by atomic mass is 9.99. The molecule has 2 heterocycles. The number of anilines is 2. The maximum absolute atomic E-state index is 12.2. The summed E-state index contributed by atoms with van der Waals surface area (Å²) in [5.74, 6) is 1.12. The maximum Gasteiger partial charge on any atom is 0.269 e. The Morgan fingerprint density at radius 1 is 1.31 bits per heavy atom. The van der Waals surface area contributed by atoms with E-state index in [1.54, 1.807) is 30.5 Å². The normalized spacial score (nSPS) is 14.7. The Balaban J connectivity index is 1.68. The third-order valence-electron chi connectivity index (χ3n) is 4.58. The lowest BCUT2D eigenvalue weighted by Crippen LogP contribution is -2.35. The van der Waals surface area contributed by atoms with E-state index in [0.29, 0.717) is 17.2 Å². The highest BCUT2D eigenvalue weighted by molar-refractivity contribution is 5.90. The highest BCUT2D eigenvalue weighted by Crippen LogP contribution is 2.20. The van der Waals surface area contributed by atoms with Crippen molar-refractivity contribution in [3.05, 3.63) is 52.6 Å². The molecule has 2 aromatic rings. The summed E-state index contributed by atoms with van der Waals surface area (Å²) in [4.78, 5) is 30.7. The van der Waals surface area contributed by atoms with Crippen LogP contribution in [0.2, 0.25) is 0 Å². The van der Waals surface area contributed by atoms with Gasteiger partial charge in [0.25, 0.3) is 5.56 Å². The predicted molar refractivity (Wildman–Crippen MR) is 98.9 cm³/mol. The molecule has 1 aromatic carbocycles. The smallest absolute Gasteiger partial charge is 0.269 e. The Bertz CT molecular complexity index is 874. The number of benzene rings is 1. The molecular weight excluding hydrogens is 330 g/mol. The van der Waals surface area contributed by atoms with E-state index in [1.165, 1.54) is 10.8 Å². The molecule has 26 heavy (non-hydrogen) atoms. The molecule has 0 aliphatic carbocycles. The fourth-order valence-electron chi connectivity index (χ4n) is 2.94. The van der Waals surface area contributed by atoms with Gasteiger partial charge in [-0.3, -0.25) is 9.59 Å². The Hall–Kier alpha value is -3.14. The van der Waals surface area contributed by atoms with Gasteiger partial charge >= 0.3 is 0 Å². The van der Waals surface area contributed by atoms with Crippen molar-refractivity contribution in [3.8, 4) is 6.07 Å². The molecule has 1 fully saturated rings. The second kappa shape index (κ2) is 7.83. The van der Waals surface area contributed by atoms with Crippen LogP contribution < -0.4 is 15.8 Å². The molecule has 0 radical (unpaired) electrons. The van der Waals surface area contributed by atoms with Crippen molar-refractivity contribution in [2.24, 2.45) is 5.92 Å². The lowest BCUT2D eigenvalue weighted by molar-refractivity contribution is -0.116. The van der Waals surface area contributed by atoms with Crippen LogP contribution in [0, 0.1) is 17.2 Å². The van der Waals surface area contributed by atoms with Crippen molar-refractivity contribution in [2.45, 2.75) is 26.3 Å². The number of piperidine rings is 1. The molecule has 7 heteroatoms. The number of nitriles is 1. The van der Waals surface area contributed by atoms with Gasteiger partial charge in [-0.15, -0.1) is 0 Å². The average Bonchev–Trinajstić information content (AvgIpc) is 2.65. The van der Waals surface area contributed by atoms with E-state index in [2.05, 4.69) is 22.1 Å². The summed E-state index contributed by atoms with van der Waals surface area (Å²) < 4.78 is 1.37. The van der Waals surface area contributed by atoms with Crippen LogP contribution in [0.5, 0.6) is 0 Å². The number of nitrogens with zero attached hydrogens (tertiary/aromatic N) is 4. The molecule has 0 saturated carbocycles. The predicted octanol–water partition coefficient (Wildman–Crippen LogP) is 1.99. The van der Waals surface area contributed by atoms with Gasteiger partial charge in [-0.1, -0.05) is 6.92 Å². The highest BCUT2D eigenvalue weighted by atomic mass is 16.2. The van der Waals surface area contributed by atoms with Crippen molar-refractivity contribution in [1.29, 1.82) is 5.26 Å². The number of nitrogens with one attached hydrogen (secondary N) is 1. The second-order valence-electron chi connectivity index (χ2n) is 6.62. The van der Waals surface area contributed by atoms with Gasteiger partial charge in [-0.25, -0.2) is 4.98 Å². The molecule has 0 atom stereocenters. The fourth-order valence-corrected chi connectivity index (χ4v) is 2.94. The van der Waals surface area contributed by atoms with Gasteiger partial charge in [-0.05, 0) is 43.0 Å². The first kappa shape index (κ1) is 17.7. The highest BCUT2D eigenvalue weighted by Gasteiger charge is 2.18. The summed E-state index contributed by atoms with van der Waals surface area (Å²) in [6.45, 7) is 3.96. The topological polar surface area (TPSA) is 91.0 Å². The molecule has 1 aromatic heterocycles. The number of hydrogen-bond donors (Lipinski definition) is 1. The van der Waals surface area contributed by atoms with Crippen LogP contribution in [0.15, 0.2) is 41.5 Å². The van der Waals surface area contributed by atoms with Crippen molar-refractivity contribution in [3.63, 3.8) is 0 Å². The SMILES string of the molecule is CC1CCN(c2cn(CC(=O)Nc3ccc(C#N)cc3)c(=O)cn2)CC1. The maximum atomic E-state index is 12.2. The number of carbonyl (C=O) groups excluding carboxylic acids is 1. The molecule has 1 amide bonds. The summed E-state index contributed by atoms with van der Waals surface area (Å²) in [5, 5.41) is 11.5. The number of amides is 1. The quantitative estimate of drug-likeness (QED) is 0.910. The third-order valence-corrected chi connectivity index (χ3v) is 4.58. The average molecular weight is 351 g/mol. The van der Waals surface area contributed by atoms with Gasteiger partial charge in [0.15, 0.2) is 0 Å². The van der Waals surface area contributed by atoms with Crippen molar-refractivity contribution in [1.82, 2.24) is 9.55 Å². The molecule has 1 aliphatic heterocycles. The zero-order chi connectivity index (χ0) is 18.5. The van der Waals surface area contributed by atoms with Crippen LogP contribution in [0.4, 0.5) is 11.5 Å². The number of carbonyl (C=O) groups is 1. The Labute approximate surface area is 151 Å². The summed E-state index contributed by atoms with van der Waals surface area (Å²) >= 11 is 0. The molecule has 7 nitrogen and oxygen atoms in total. The lowest BCUT2D eigenvalue weighted by Gasteiger charge is -2.31. The Kier molecular flexibility index (Phi) is 5.32. The first-order valence-corrected chi connectivity index (χ1v) is 8.66. The fraction of sp³-hybridized carbons (Fsp3) is 0.368. The molecule has 1 aliphatic rings. The third kappa shape index (κ3) is 4.28. The van der Waals surface area contributed by atoms with Crippen molar-refractivity contribution in [2.75, 3.05) is 23.3 Å². The molecule has 0 spiro atoms. The van der Waals surface area contributed by atoms with Crippen molar-refractivity contribution < 1.29 is 4.79 Å². The van der Waals surface area contributed by atoms with Crippen LogP contribution in [0.3, 0.4) is 0 Å². The van der Waals surface area contributed by atoms with Gasteiger partial charge < -0.3 is 14.8 Å². The van der Waals surface area contributed by atoms with E-state index >= 15 is 0 Å². The molecule has 134 valence electrons. The van der Waals surface area contributed by atoms with E-state index in [4.69, 9.17) is 5.26 Å². The van der Waals surface area contributed by atoms with Crippen molar-refractivity contribution >= 4 is 17.4 Å². The molecule has 3 rings (SSSR count). The van der Waals surface area contributed by atoms with Gasteiger partial charge in [-0.2, -0.15) is 5.26 Å². The van der Waals surface area contributed by atoms with Gasteiger partial charge in [0, 0.05) is 18.8 Å². The Morgan fingerprint density at radius 2 is 2.00 bits per heavy atom. The van der Waals surface area contributed by atoms with Gasteiger partial charge in [0.1, 0.15) is 12.4 Å².